The number of halogens is 2. The molecular weight excluding hydrogens is 395 g/mol. The standard InChI is InChI=1S/C12H8BrIN2O/c13-9-4-5-15-11(7-9)16-12(17)8-2-1-3-10(14)6-8/h1-7H,(H,15,16,17). The molecule has 0 aliphatic carbocycles. The van der Waals surface area contributed by atoms with Crippen LogP contribution < -0.4 is 5.32 Å². The van der Waals surface area contributed by atoms with E-state index >= 15 is 0 Å². The van der Waals surface area contributed by atoms with Crippen LogP contribution in [0.1, 0.15) is 10.4 Å². The van der Waals surface area contributed by atoms with E-state index in [0.29, 0.717) is 11.4 Å². The summed E-state index contributed by atoms with van der Waals surface area (Å²) < 4.78 is 1.91. The Balaban J connectivity index is 2.17. The minimum Gasteiger partial charge on any atom is -0.307 e. The first-order chi connectivity index (χ1) is 8.15. The molecule has 0 saturated heterocycles. The number of carbonyl (C=O) groups is 1. The van der Waals surface area contributed by atoms with Crippen molar-refractivity contribution in [2.75, 3.05) is 5.32 Å². The normalized spacial score (nSPS) is 10.0. The van der Waals surface area contributed by atoms with Crippen molar-refractivity contribution in [3.63, 3.8) is 0 Å². The molecule has 0 aliphatic rings. The lowest BCUT2D eigenvalue weighted by atomic mass is 10.2. The molecule has 1 heterocycles. The van der Waals surface area contributed by atoms with Crippen molar-refractivity contribution < 1.29 is 4.79 Å². The van der Waals surface area contributed by atoms with Gasteiger partial charge in [0.2, 0.25) is 0 Å². The van der Waals surface area contributed by atoms with Gasteiger partial charge in [-0.15, -0.1) is 0 Å². The van der Waals surface area contributed by atoms with Crippen molar-refractivity contribution in [1.82, 2.24) is 4.98 Å². The van der Waals surface area contributed by atoms with Crippen molar-refractivity contribution in [2.24, 2.45) is 0 Å². The summed E-state index contributed by atoms with van der Waals surface area (Å²) in [6, 6.07) is 11.0. The van der Waals surface area contributed by atoms with E-state index in [2.05, 4.69) is 48.8 Å². The first-order valence-electron chi connectivity index (χ1n) is 4.83. The number of rotatable bonds is 2. The Bertz CT molecular complexity index is 560. The lowest BCUT2D eigenvalue weighted by molar-refractivity contribution is 0.102. The lowest BCUT2D eigenvalue weighted by Crippen LogP contribution is -2.12. The maximum atomic E-state index is 11.9. The van der Waals surface area contributed by atoms with Crippen LogP contribution in [-0.4, -0.2) is 10.9 Å². The first-order valence-corrected chi connectivity index (χ1v) is 6.71. The molecule has 1 aromatic heterocycles. The Morgan fingerprint density at radius 3 is 2.82 bits per heavy atom. The fourth-order valence-corrected chi connectivity index (χ4v) is 2.17. The number of hydrogen-bond acceptors (Lipinski definition) is 2. The quantitative estimate of drug-likeness (QED) is 0.778. The fraction of sp³-hybridized carbons (Fsp3) is 0. The van der Waals surface area contributed by atoms with Gasteiger partial charge in [-0.25, -0.2) is 4.98 Å². The molecule has 0 aliphatic heterocycles. The third-order valence-electron chi connectivity index (χ3n) is 2.05. The average Bonchev–Trinajstić information content (AvgIpc) is 2.29. The van der Waals surface area contributed by atoms with Crippen molar-refractivity contribution in [1.29, 1.82) is 0 Å². The molecule has 0 spiro atoms. The average molecular weight is 403 g/mol. The number of aromatic nitrogens is 1. The van der Waals surface area contributed by atoms with Gasteiger partial charge in [-0.1, -0.05) is 22.0 Å². The molecule has 86 valence electrons. The number of benzene rings is 1. The van der Waals surface area contributed by atoms with Gasteiger partial charge in [-0.05, 0) is 52.9 Å². The molecule has 0 bridgehead atoms. The Morgan fingerprint density at radius 1 is 1.29 bits per heavy atom. The molecule has 1 N–H and O–H groups in total. The molecule has 17 heavy (non-hydrogen) atoms. The van der Waals surface area contributed by atoms with Gasteiger partial charge in [-0.3, -0.25) is 4.79 Å². The maximum absolute atomic E-state index is 11.9. The second-order valence-corrected chi connectivity index (χ2v) is 5.49. The molecule has 1 aromatic carbocycles. The van der Waals surface area contributed by atoms with Gasteiger partial charge < -0.3 is 5.32 Å². The highest BCUT2D eigenvalue weighted by Gasteiger charge is 2.06. The van der Waals surface area contributed by atoms with E-state index in [4.69, 9.17) is 0 Å². The number of nitrogens with zero attached hydrogens (tertiary/aromatic N) is 1. The van der Waals surface area contributed by atoms with Crippen LogP contribution in [0.25, 0.3) is 0 Å². The van der Waals surface area contributed by atoms with Gasteiger partial charge >= 0.3 is 0 Å². The van der Waals surface area contributed by atoms with E-state index in [-0.39, 0.29) is 5.91 Å². The van der Waals surface area contributed by atoms with Crippen molar-refractivity contribution >= 4 is 50.2 Å². The molecule has 0 unspecified atom stereocenters. The third-order valence-corrected chi connectivity index (χ3v) is 3.21. The second kappa shape index (κ2) is 5.59. The molecule has 3 nitrogen and oxygen atoms in total. The fourth-order valence-electron chi connectivity index (χ4n) is 1.29. The Morgan fingerprint density at radius 2 is 2.12 bits per heavy atom. The minimum atomic E-state index is -0.158. The first kappa shape index (κ1) is 12.5. The Labute approximate surface area is 121 Å². The van der Waals surface area contributed by atoms with Crippen LogP contribution in [0.15, 0.2) is 47.1 Å². The highest BCUT2D eigenvalue weighted by Crippen LogP contribution is 2.14. The van der Waals surface area contributed by atoms with Gasteiger partial charge in [0, 0.05) is 19.8 Å². The zero-order chi connectivity index (χ0) is 12.3. The summed E-state index contributed by atoms with van der Waals surface area (Å²) in [4.78, 5) is 16.0. The van der Waals surface area contributed by atoms with Crippen molar-refractivity contribution in [2.45, 2.75) is 0 Å². The molecule has 0 saturated carbocycles. The van der Waals surface area contributed by atoms with Gasteiger partial charge in [0.1, 0.15) is 5.82 Å². The summed E-state index contributed by atoms with van der Waals surface area (Å²) in [6.45, 7) is 0. The molecular formula is C12H8BrIN2O. The SMILES string of the molecule is O=C(Nc1cc(Br)ccn1)c1cccc(I)c1. The van der Waals surface area contributed by atoms with E-state index in [1.54, 1.807) is 24.4 Å². The summed E-state index contributed by atoms with van der Waals surface area (Å²) in [5.41, 5.74) is 0.624. The van der Waals surface area contributed by atoms with E-state index in [0.717, 1.165) is 8.04 Å². The predicted octanol–water partition coefficient (Wildman–Crippen LogP) is 3.70. The summed E-state index contributed by atoms with van der Waals surface area (Å²) >= 11 is 5.50. The molecule has 0 fully saturated rings. The third kappa shape index (κ3) is 3.50. The summed E-state index contributed by atoms with van der Waals surface area (Å²) in [6.07, 6.45) is 1.63. The van der Waals surface area contributed by atoms with Crippen LogP contribution in [0.4, 0.5) is 5.82 Å². The summed E-state index contributed by atoms with van der Waals surface area (Å²) in [5, 5.41) is 2.74. The lowest BCUT2D eigenvalue weighted by Gasteiger charge is -2.04. The van der Waals surface area contributed by atoms with Gasteiger partial charge in [0.25, 0.3) is 5.91 Å². The van der Waals surface area contributed by atoms with Crippen LogP contribution in [0, 0.1) is 3.57 Å². The molecule has 2 rings (SSSR count). The molecule has 0 atom stereocenters. The smallest absolute Gasteiger partial charge is 0.256 e. The topological polar surface area (TPSA) is 42.0 Å². The zero-order valence-electron chi connectivity index (χ0n) is 8.65. The van der Waals surface area contributed by atoms with Crippen LogP contribution in [0.3, 0.4) is 0 Å². The van der Waals surface area contributed by atoms with Crippen molar-refractivity contribution in [3.8, 4) is 0 Å². The van der Waals surface area contributed by atoms with E-state index < -0.39 is 0 Å². The number of anilines is 1. The Hall–Kier alpha value is -0.950. The van der Waals surface area contributed by atoms with Crippen molar-refractivity contribution in [3.05, 3.63) is 56.2 Å². The number of nitrogens with one attached hydrogen (secondary N) is 1. The van der Waals surface area contributed by atoms with Gasteiger partial charge in [-0.2, -0.15) is 0 Å². The van der Waals surface area contributed by atoms with E-state index in [1.165, 1.54) is 0 Å². The van der Waals surface area contributed by atoms with Gasteiger partial charge in [0.15, 0.2) is 0 Å². The highest BCUT2D eigenvalue weighted by atomic mass is 127. The van der Waals surface area contributed by atoms with Crippen LogP contribution in [0.2, 0.25) is 0 Å². The number of pyridine rings is 1. The van der Waals surface area contributed by atoms with Gasteiger partial charge in [0.05, 0.1) is 0 Å². The molecule has 2 aromatic rings. The van der Waals surface area contributed by atoms with Crippen LogP contribution in [0.5, 0.6) is 0 Å². The number of hydrogen-bond donors (Lipinski definition) is 1. The highest BCUT2D eigenvalue weighted by molar-refractivity contribution is 14.1. The largest absolute Gasteiger partial charge is 0.307 e. The monoisotopic (exact) mass is 402 g/mol. The molecule has 5 heteroatoms. The molecule has 0 radical (unpaired) electrons. The predicted molar refractivity (Wildman–Crippen MR) is 79.0 cm³/mol. The zero-order valence-corrected chi connectivity index (χ0v) is 12.4. The number of amides is 1. The number of carbonyl (C=O) groups excluding carboxylic acids is 1. The molecule has 1 amide bonds. The van der Waals surface area contributed by atoms with E-state index in [9.17, 15) is 4.79 Å². The maximum Gasteiger partial charge on any atom is 0.256 e. The minimum absolute atomic E-state index is 0.158. The van der Waals surface area contributed by atoms with Crippen LogP contribution >= 0.6 is 38.5 Å². The second-order valence-electron chi connectivity index (χ2n) is 3.32. The Kier molecular flexibility index (Phi) is 4.11. The van der Waals surface area contributed by atoms with E-state index in [1.807, 2.05) is 18.2 Å². The van der Waals surface area contributed by atoms with Crippen LogP contribution in [-0.2, 0) is 0 Å². The summed E-state index contributed by atoms with van der Waals surface area (Å²) in [5.74, 6) is 0.373. The summed E-state index contributed by atoms with van der Waals surface area (Å²) in [7, 11) is 0.